The van der Waals surface area contributed by atoms with Crippen molar-refractivity contribution in [2.24, 2.45) is 0 Å². The third kappa shape index (κ3) is 21.4. The van der Waals surface area contributed by atoms with Crippen molar-refractivity contribution in [2.45, 2.75) is 136 Å². The summed E-state index contributed by atoms with van der Waals surface area (Å²) in [4.78, 5) is 84.7. The highest BCUT2D eigenvalue weighted by Crippen LogP contribution is 2.08. The van der Waals surface area contributed by atoms with Crippen molar-refractivity contribution in [1.29, 1.82) is 0 Å². The summed E-state index contributed by atoms with van der Waals surface area (Å²) in [5.74, 6) is -2.22. The highest BCUT2D eigenvalue weighted by molar-refractivity contribution is 5.94. The van der Waals surface area contributed by atoms with E-state index >= 15 is 0 Å². The number of carbonyl (C=O) groups is 7. The number of unbranched alkanes of at least 4 members (excludes halogenated alkanes) is 2. The number of alkyl carbamates (subject to hydrolysis) is 2. The normalized spacial score (nSPS) is 14.0. The molecule has 15 nitrogen and oxygen atoms in total. The fourth-order valence-electron chi connectivity index (χ4n) is 3.75. The molecule has 0 aliphatic heterocycles. The molecule has 6 amide bonds. The zero-order valence-corrected chi connectivity index (χ0v) is 28.2. The molecule has 6 N–H and O–H groups in total. The van der Waals surface area contributed by atoms with E-state index < -0.39 is 71.2 Å². The zero-order chi connectivity index (χ0) is 34.8. The lowest BCUT2D eigenvalue weighted by Gasteiger charge is -2.23. The standard InChI is InChI=1S/C30H54N6O9/c1-19(34-26(41)23(35-21(3)38)15-11-13-17-32-28(43)45-30(7,8)9)24(39)33-20(2)25(40)36-22(18-37)14-10-12-16-31-27(42)44-29(4,5)6/h18-20,22-23H,10-17H2,1-9H3,(H,31,42)(H,32,43)(H,33,39)(H,34,41)(H,35,38)(H,36,40)/t19-,20-,22-,23-/m0/s1. The first-order valence-electron chi connectivity index (χ1n) is 15.3. The second kappa shape index (κ2) is 20.2. The van der Waals surface area contributed by atoms with E-state index in [0.29, 0.717) is 51.5 Å². The Morgan fingerprint density at radius 2 is 1.04 bits per heavy atom. The summed E-state index contributed by atoms with van der Waals surface area (Å²) in [5, 5.41) is 15.4. The molecule has 258 valence electrons. The lowest BCUT2D eigenvalue weighted by molar-refractivity contribution is -0.133. The average molecular weight is 643 g/mol. The third-order valence-corrected chi connectivity index (χ3v) is 5.89. The van der Waals surface area contributed by atoms with Crippen LogP contribution in [0.4, 0.5) is 9.59 Å². The van der Waals surface area contributed by atoms with Crippen molar-refractivity contribution in [2.75, 3.05) is 13.1 Å². The zero-order valence-electron chi connectivity index (χ0n) is 28.2. The van der Waals surface area contributed by atoms with Crippen molar-refractivity contribution in [3.05, 3.63) is 0 Å². The number of ether oxygens (including phenoxy) is 2. The van der Waals surface area contributed by atoms with Gasteiger partial charge in [0, 0.05) is 20.0 Å². The van der Waals surface area contributed by atoms with Gasteiger partial charge in [-0.05, 0) is 93.9 Å². The van der Waals surface area contributed by atoms with E-state index in [2.05, 4.69) is 31.9 Å². The van der Waals surface area contributed by atoms with Crippen LogP contribution in [-0.4, -0.2) is 90.6 Å². The third-order valence-electron chi connectivity index (χ3n) is 5.89. The molecular formula is C30H54N6O9. The van der Waals surface area contributed by atoms with Gasteiger partial charge in [0.05, 0.1) is 6.04 Å². The SMILES string of the molecule is CC(=O)N[C@@H](CCCCNC(=O)OC(C)(C)C)C(=O)N[C@@H](C)C(=O)N[C@@H](C)C(=O)N[C@H](C=O)CCCCNC(=O)OC(C)(C)C. The van der Waals surface area contributed by atoms with Gasteiger partial charge < -0.3 is 46.2 Å². The average Bonchev–Trinajstić information content (AvgIpc) is 2.88. The van der Waals surface area contributed by atoms with Crippen molar-refractivity contribution in [3.63, 3.8) is 0 Å². The van der Waals surface area contributed by atoms with E-state index in [1.54, 1.807) is 41.5 Å². The molecule has 0 bridgehead atoms. The summed E-state index contributed by atoms with van der Waals surface area (Å²) in [7, 11) is 0. The van der Waals surface area contributed by atoms with E-state index in [1.807, 2.05) is 0 Å². The highest BCUT2D eigenvalue weighted by atomic mass is 16.6. The van der Waals surface area contributed by atoms with Gasteiger partial charge in [-0.2, -0.15) is 0 Å². The second-order valence-corrected chi connectivity index (χ2v) is 12.8. The summed E-state index contributed by atoms with van der Waals surface area (Å²) in [6, 6.07) is -3.73. The molecule has 0 aromatic rings. The number of hydrogen-bond acceptors (Lipinski definition) is 9. The van der Waals surface area contributed by atoms with Gasteiger partial charge in [0.2, 0.25) is 23.6 Å². The smallest absolute Gasteiger partial charge is 0.407 e. The van der Waals surface area contributed by atoms with E-state index in [0.717, 1.165) is 0 Å². The first kappa shape index (κ1) is 41.1. The quantitative estimate of drug-likeness (QED) is 0.0945. The topological polar surface area (TPSA) is 210 Å². The Labute approximate surface area is 266 Å². The highest BCUT2D eigenvalue weighted by Gasteiger charge is 2.26. The fourth-order valence-corrected chi connectivity index (χ4v) is 3.75. The Morgan fingerprint density at radius 1 is 0.622 bits per heavy atom. The molecule has 0 aromatic carbocycles. The number of nitrogens with one attached hydrogen (secondary N) is 6. The van der Waals surface area contributed by atoms with Gasteiger partial charge in [-0.3, -0.25) is 19.2 Å². The van der Waals surface area contributed by atoms with Crippen LogP contribution >= 0.6 is 0 Å². The number of amides is 6. The lowest BCUT2D eigenvalue weighted by Crippen LogP contribution is -2.55. The second-order valence-electron chi connectivity index (χ2n) is 12.8. The van der Waals surface area contributed by atoms with Crippen LogP contribution < -0.4 is 31.9 Å². The molecule has 0 radical (unpaired) electrons. The Bertz CT molecular complexity index is 1010. The van der Waals surface area contributed by atoms with Crippen LogP contribution in [0.3, 0.4) is 0 Å². The maximum atomic E-state index is 12.8. The van der Waals surface area contributed by atoms with Gasteiger partial charge in [0.25, 0.3) is 0 Å². The van der Waals surface area contributed by atoms with Crippen molar-refractivity contribution < 1.29 is 43.0 Å². The van der Waals surface area contributed by atoms with Crippen molar-refractivity contribution >= 4 is 42.1 Å². The summed E-state index contributed by atoms with van der Waals surface area (Å²) >= 11 is 0. The lowest BCUT2D eigenvalue weighted by atomic mass is 10.1. The minimum Gasteiger partial charge on any atom is -0.444 e. The van der Waals surface area contributed by atoms with Crippen LogP contribution in [0.1, 0.15) is 101 Å². The van der Waals surface area contributed by atoms with Crippen LogP contribution in [0.15, 0.2) is 0 Å². The first-order chi connectivity index (χ1) is 20.7. The largest absolute Gasteiger partial charge is 0.444 e. The van der Waals surface area contributed by atoms with Gasteiger partial charge in [-0.15, -0.1) is 0 Å². The molecule has 45 heavy (non-hydrogen) atoms. The monoisotopic (exact) mass is 642 g/mol. The van der Waals surface area contributed by atoms with Crippen LogP contribution in [0, 0.1) is 0 Å². The van der Waals surface area contributed by atoms with Gasteiger partial charge in [0.15, 0.2) is 0 Å². The Balaban J connectivity index is 4.65. The minimum absolute atomic E-state index is 0.263. The van der Waals surface area contributed by atoms with Crippen LogP contribution in [0.5, 0.6) is 0 Å². The molecule has 4 atom stereocenters. The van der Waals surface area contributed by atoms with Gasteiger partial charge in [-0.25, -0.2) is 9.59 Å². The Morgan fingerprint density at radius 3 is 1.47 bits per heavy atom. The van der Waals surface area contributed by atoms with Crippen LogP contribution in [-0.2, 0) is 33.4 Å². The van der Waals surface area contributed by atoms with Crippen LogP contribution in [0.25, 0.3) is 0 Å². The summed E-state index contributed by atoms with van der Waals surface area (Å²) in [5.41, 5.74) is -1.22. The molecule has 0 unspecified atom stereocenters. The number of carbonyl (C=O) groups excluding carboxylic acids is 7. The molecule has 0 rings (SSSR count). The van der Waals surface area contributed by atoms with Crippen molar-refractivity contribution in [3.8, 4) is 0 Å². The van der Waals surface area contributed by atoms with E-state index in [-0.39, 0.29) is 6.42 Å². The van der Waals surface area contributed by atoms with Crippen molar-refractivity contribution in [1.82, 2.24) is 31.9 Å². The first-order valence-corrected chi connectivity index (χ1v) is 15.3. The van der Waals surface area contributed by atoms with Gasteiger partial charge >= 0.3 is 12.2 Å². The molecule has 0 aliphatic carbocycles. The molecule has 0 aromatic heterocycles. The molecule has 0 aliphatic rings. The maximum absolute atomic E-state index is 12.8. The van der Waals surface area contributed by atoms with Gasteiger partial charge in [-0.1, -0.05) is 0 Å². The minimum atomic E-state index is -1.03. The molecule has 0 heterocycles. The predicted octanol–water partition coefficient (Wildman–Crippen LogP) is 1.57. The summed E-state index contributed by atoms with van der Waals surface area (Å²) < 4.78 is 10.3. The fraction of sp³-hybridized carbons (Fsp3) is 0.767. The predicted molar refractivity (Wildman–Crippen MR) is 167 cm³/mol. The molecule has 0 fully saturated rings. The summed E-state index contributed by atoms with van der Waals surface area (Å²) in [6.45, 7) is 15.4. The van der Waals surface area contributed by atoms with Gasteiger partial charge in [0.1, 0.15) is 35.6 Å². The van der Waals surface area contributed by atoms with E-state index in [1.165, 1.54) is 20.8 Å². The maximum Gasteiger partial charge on any atom is 0.407 e. The molecule has 0 spiro atoms. The number of hydrogen-bond donors (Lipinski definition) is 6. The molecule has 0 saturated heterocycles. The molecule has 0 saturated carbocycles. The Kier molecular flexibility index (Phi) is 18.4. The number of aldehydes is 1. The molecule has 15 heteroatoms. The Hall–Kier alpha value is -3.91. The summed E-state index contributed by atoms with van der Waals surface area (Å²) in [6.07, 6.45) is 2.23. The van der Waals surface area contributed by atoms with E-state index in [9.17, 15) is 33.6 Å². The van der Waals surface area contributed by atoms with Crippen LogP contribution in [0.2, 0.25) is 0 Å². The number of rotatable bonds is 18. The molecular weight excluding hydrogens is 588 g/mol. The van der Waals surface area contributed by atoms with E-state index in [4.69, 9.17) is 9.47 Å².